The van der Waals surface area contributed by atoms with Crippen LogP contribution in [0.4, 0.5) is 0 Å². The molecule has 1 aromatic heterocycles. The fourth-order valence-electron chi connectivity index (χ4n) is 1.85. The Morgan fingerprint density at radius 2 is 1.89 bits per heavy atom. The topological polar surface area (TPSA) is 51.3 Å². The molecule has 1 N–H and O–H groups in total. The van der Waals surface area contributed by atoms with Crippen LogP contribution in [-0.4, -0.2) is 24.2 Å². The lowest BCUT2D eigenvalue weighted by Gasteiger charge is -2.08. The maximum Gasteiger partial charge on any atom is 0.354 e. The minimum Gasteiger partial charge on any atom is -0.490 e. The SMILES string of the molecule is Cc1cc(C)cc(OCCOC(=O)c2ccc[nH]2)c1. The second kappa shape index (κ2) is 6.09. The summed E-state index contributed by atoms with van der Waals surface area (Å²) in [5, 5.41) is 0. The van der Waals surface area contributed by atoms with Gasteiger partial charge in [-0.25, -0.2) is 4.79 Å². The van der Waals surface area contributed by atoms with Crippen LogP contribution in [0.1, 0.15) is 21.6 Å². The number of ether oxygens (including phenoxy) is 2. The average Bonchev–Trinajstić information content (AvgIpc) is 2.87. The van der Waals surface area contributed by atoms with Crippen molar-refractivity contribution in [2.45, 2.75) is 13.8 Å². The Balaban J connectivity index is 1.76. The van der Waals surface area contributed by atoms with E-state index >= 15 is 0 Å². The molecule has 0 unspecified atom stereocenters. The molecule has 1 heterocycles. The van der Waals surface area contributed by atoms with E-state index in [2.05, 4.69) is 11.1 Å². The molecule has 19 heavy (non-hydrogen) atoms. The fraction of sp³-hybridized carbons (Fsp3) is 0.267. The number of esters is 1. The number of benzene rings is 1. The zero-order chi connectivity index (χ0) is 13.7. The van der Waals surface area contributed by atoms with Gasteiger partial charge in [-0.05, 0) is 49.2 Å². The summed E-state index contributed by atoms with van der Waals surface area (Å²) in [7, 11) is 0. The number of carbonyl (C=O) groups is 1. The summed E-state index contributed by atoms with van der Waals surface area (Å²) >= 11 is 0. The van der Waals surface area contributed by atoms with E-state index < -0.39 is 0 Å². The van der Waals surface area contributed by atoms with Crippen LogP contribution in [0.3, 0.4) is 0 Å². The third-order valence-electron chi connectivity index (χ3n) is 2.60. The molecule has 1 aromatic carbocycles. The number of aromatic nitrogens is 1. The highest BCUT2D eigenvalue weighted by Crippen LogP contribution is 2.15. The molecular formula is C15H17NO3. The van der Waals surface area contributed by atoms with Crippen molar-refractivity contribution in [1.29, 1.82) is 0 Å². The molecule has 0 amide bonds. The van der Waals surface area contributed by atoms with Crippen molar-refractivity contribution >= 4 is 5.97 Å². The van der Waals surface area contributed by atoms with Gasteiger partial charge < -0.3 is 14.5 Å². The third kappa shape index (κ3) is 3.88. The van der Waals surface area contributed by atoms with Gasteiger partial charge in [0.05, 0.1) is 0 Å². The Morgan fingerprint density at radius 1 is 1.16 bits per heavy atom. The minimum atomic E-state index is -0.367. The molecular weight excluding hydrogens is 242 g/mol. The highest BCUT2D eigenvalue weighted by molar-refractivity contribution is 5.87. The second-order valence-corrected chi connectivity index (χ2v) is 4.39. The first-order valence-corrected chi connectivity index (χ1v) is 6.17. The van der Waals surface area contributed by atoms with Crippen LogP contribution in [0.5, 0.6) is 5.75 Å². The van der Waals surface area contributed by atoms with Gasteiger partial charge in [-0.2, -0.15) is 0 Å². The molecule has 0 aliphatic carbocycles. The summed E-state index contributed by atoms with van der Waals surface area (Å²) in [6.07, 6.45) is 1.68. The molecule has 0 atom stereocenters. The Bertz CT molecular complexity index is 526. The molecule has 0 spiro atoms. The molecule has 0 fully saturated rings. The predicted octanol–water partition coefficient (Wildman–Crippen LogP) is 2.87. The third-order valence-corrected chi connectivity index (χ3v) is 2.60. The van der Waals surface area contributed by atoms with Crippen molar-refractivity contribution in [2.75, 3.05) is 13.2 Å². The lowest BCUT2D eigenvalue weighted by Crippen LogP contribution is -2.12. The Hall–Kier alpha value is -2.23. The molecule has 2 rings (SSSR count). The number of hydrogen-bond donors (Lipinski definition) is 1. The maximum atomic E-state index is 11.5. The molecule has 0 aliphatic rings. The summed E-state index contributed by atoms with van der Waals surface area (Å²) in [4.78, 5) is 14.3. The van der Waals surface area contributed by atoms with Gasteiger partial charge in [0.2, 0.25) is 0 Å². The van der Waals surface area contributed by atoms with Crippen LogP contribution in [0.15, 0.2) is 36.5 Å². The first-order valence-electron chi connectivity index (χ1n) is 6.17. The number of aromatic amines is 1. The van der Waals surface area contributed by atoms with Crippen molar-refractivity contribution in [3.8, 4) is 5.75 Å². The van der Waals surface area contributed by atoms with Crippen LogP contribution in [0.2, 0.25) is 0 Å². The Morgan fingerprint density at radius 3 is 2.53 bits per heavy atom. The Kier molecular flexibility index (Phi) is 4.23. The molecule has 4 heteroatoms. The largest absolute Gasteiger partial charge is 0.490 e. The molecule has 0 bridgehead atoms. The van der Waals surface area contributed by atoms with Crippen molar-refractivity contribution in [3.05, 3.63) is 53.3 Å². The van der Waals surface area contributed by atoms with E-state index in [0.29, 0.717) is 12.3 Å². The van der Waals surface area contributed by atoms with Gasteiger partial charge >= 0.3 is 5.97 Å². The monoisotopic (exact) mass is 259 g/mol. The quantitative estimate of drug-likeness (QED) is 0.663. The van der Waals surface area contributed by atoms with Gasteiger partial charge in [-0.15, -0.1) is 0 Å². The van der Waals surface area contributed by atoms with E-state index in [1.807, 2.05) is 26.0 Å². The van der Waals surface area contributed by atoms with E-state index in [0.717, 1.165) is 16.9 Å². The van der Waals surface area contributed by atoms with Crippen LogP contribution in [-0.2, 0) is 4.74 Å². The predicted molar refractivity (Wildman–Crippen MR) is 72.5 cm³/mol. The highest BCUT2D eigenvalue weighted by atomic mass is 16.6. The molecule has 0 radical (unpaired) electrons. The second-order valence-electron chi connectivity index (χ2n) is 4.39. The van der Waals surface area contributed by atoms with E-state index in [1.165, 1.54) is 0 Å². The summed E-state index contributed by atoms with van der Waals surface area (Å²) in [6.45, 7) is 4.61. The summed E-state index contributed by atoms with van der Waals surface area (Å²) in [6, 6.07) is 9.42. The van der Waals surface area contributed by atoms with E-state index in [9.17, 15) is 4.79 Å². The number of aryl methyl sites for hydroxylation is 2. The average molecular weight is 259 g/mol. The van der Waals surface area contributed by atoms with Gasteiger partial charge in [-0.3, -0.25) is 0 Å². The van der Waals surface area contributed by atoms with Crippen LogP contribution >= 0.6 is 0 Å². The number of H-pyrrole nitrogens is 1. The van der Waals surface area contributed by atoms with Crippen molar-refractivity contribution in [3.63, 3.8) is 0 Å². The Labute approximate surface area is 112 Å². The van der Waals surface area contributed by atoms with Gasteiger partial charge in [0.15, 0.2) is 0 Å². The summed E-state index contributed by atoms with van der Waals surface area (Å²) < 4.78 is 10.6. The van der Waals surface area contributed by atoms with Crippen LogP contribution < -0.4 is 4.74 Å². The van der Waals surface area contributed by atoms with Crippen molar-refractivity contribution in [2.24, 2.45) is 0 Å². The maximum absolute atomic E-state index is 11.5. The van der Waals surface area contributed by atoms with Gasteiger partial charge in [0.1, 0.15) is 24.7 Å². The normalized spacial score (nSPS) is 10.2. The fourth-order valence-corrected chi connectivity index (χ4v) is 1.85. The molecule has 100 valence electrons. The standard InChI is InChI=1S/C15H17NO3/c1-11-8-12(2)10-13(9-11)18-6-7-19-15(17)14-4-3-5-16-14/h3-5,8-10,16H,6-7H2,1-2H3. The highest BCUT2D eigenvalue weighted by Gasteiger charge is 2.06. The van der Waals surface area contributed by atoms with Gasteiger partial charge in [-0.1, -0.05) is 6.07 Å². The van der Waals surface area contributed by atoms with E-state index in [4.69, 9.17) is 9.47 Å². The van der Waals surface area contributed by atoms with Gasteiger partial charge in [0, 0.05) is 6.20 Å². The lowest BCUT2D eigenvalue weighted by atomic mass is 10.1. The minimum absolute atomic E-state index is 0.227. The molecule has 0 aliphatic heterocycles. The van der Waals surface area contributed by atoms with Crippen molar-refractivity contribution in [1.82, 2.24) is 4.98 Å². The van der Waals surface area contributed by atoms with Crippen LogP contribution in [0.25, 0.3) is 0 Å². The lowest BCUT2D eigenvalue weighted by molar-refractivity contribution is 0.0444. The summed E-state index contributed by atoms with van der Waals surface area (Å²) in [5.74, 6) is 0.433. The number of carbonyl (C=O) groups excluding carboxylic acids is 1. The van der Waals surface area contributed by atoms with E-state index in [-0.39, 0.29) is 12.6 Å². The number of hydrogen-bond acceptors (Lipinski definition) is 3. The molecule has 2 aromatic rings. The first-order chi connectivity index (χ1) is 9.15. The zero-order valence-corrected chi connectivity index (χ0v) is 11.1. The first kappa shape index (κ1) is 13.2. The van der Waals surface area contributed by atoms with Crippen molar-refractivity contribution < 1.29 is 14.3 Å². The molecule has 0 saturated heterocycles. The smallest absolute Gasteiger partial charge is 0.354 e. The number of rotatable bonds is 5. The molecule has 0 saturated carbocycles. The van der Waals surface area contributed by atoms with Gasteiger partial charge in [0.25, 0.3) is 0 Å². The van der Waals surface area contributed by atoms with E-state index in [1.54, 1.807) is 18.3 Å². The number of nitrogens with one attached hydrogen (secondary N) is 1. The molecule has 4 nitrogen and oxygen atoms in total. The van der Waals surface area contributed by atoms with Crippen LogP contribution in [0, 0.1) is 13.8 Å². The zero-order valence-electron chi connectivity index (χ0n) is 11.1. The summed E-state index contributed by atoms with van der Waals surface area (Å²) in [5.41, 5.74) is 2.75.